The summed E-state index contributed by atoms with van der Waals surface area (Å²) >= 11 is 0. The number of halogens is 2. The number of carbonyl (C=O) groups is 1. The number of nitrogens with two attached hydrogens (primary N) is 1. The topological polar surface area (TPSA) is 67.1 Å². The highest BCUT2D eigenvalue weighted by atomic mass is 19.1. The monoisotopic (exact) mass is 291 g/mol. The molecular formula is C15H15F2N3O. The molecule has 0 fully saturated rings. The first-order chi connectivity index (χ1) is 10.0. The molecular weight excluding hydrogens is 276 g/mol. The molecule has 6 heteroatoms. The van der Waals surface area contributed by atoms with Gasteiger partial charge in [-0.05, 0) is 37.3 Å². The van der Waals surface area contributed by atoms with Crippen molar-refractivity contribution in [1.82, 2.24) is 5.32 Å². The van der Waals surface area contributed by atoms with Crippen molar-refractivity contribution < 1.29 is 13.6 Å². The van der Waals surface area contributed by atoms with Crippen molar-refractivity contribution in [3.63, 3.8) is 0 Å². The highest BCUT2D eigenvalue weighted by molar-refractivity contribution is 5.99. The van der Waals surface area contributed by atoms with Gasteiger partial charge in [-0.1, -0.05) is 11.6 Å². The van der Waals surface area contributed by atoms with Crippen molar-refractivity contribution in [3.8, 4) is 0 Å². The number of anilines is 1. The molecule has 2 aromatic carbocycles. The second-order valence-electron chi connectivity index (χ2n) is 4.61. The van der Waals surface area contributed by atoms with Gasteiger partial charge in [0.05, 0.1) is 11.3 Å². The molecule has 4 nitrogen and oxygen atoms in total. The molecule has 0 saturated heterocycles. The van der Waals surface area contributed by atoms with Crippen molar-refractivity contribution >= 4 is 11.6 Å². The van der Waals surface area contributed by atoms with Crippen LogP contribution >= 0.6 is 0 Å². The summed E-state index contributed by atoms with van der Waals surface area (Å²) in [6.45, 7) is 1.73. The summed E-state index contributed by atoms with van der Waals surface area (Å²) in [6, 6.07) is 8.24. The standard InChI is InChI=1S/C15H15F2N3O/c1-9-2-5-14(20-18)12(6-9)15(21)19-8-10-7-11(16)3-4-13(10)17/h2-7,20H,8,18H2,1H3,(H,19,21). The second-order valence-corrected chi connectivity index (χ2v) is 4.61. The molecule has 0 aromatic heterocycles. The number of hydrogen-bond acceptors (Lipinski definition) is 3. The molecule has 0 bridgehead atoms. The van der Waals surface area contributed by atoms with Crippen LogP contribution < -0.4 is 16.6 Å². The maximum atomic E-state index is 13.5. The van der Waals surface area contributed by atoms with Crippen LogP contribution in [0.15, 0.2) is 36.4 Å². The van der Waals surface area contributed by atoms with Crippen LogP contribution in [-0.2, 0) is 6.54 Å². The highest BCUT2D eigenvalue weighted by Gasteiger charge is 2.12. The van der Waals surface area contributed by atoms with Crippen molar-refractivity contribution in [2.24, 2.45) is 5.84 Å². The van der Waals surface area contributed by atoms with Gasteiger partial charge in [0.1, 0.15) is 11.6 Å². The number of nitrogen functional groups attached to an aromatic ring is 1. The van der Waals surface area contributed by atoms with Gasteiger partial charge in [-0.2, -0.15) is 0 Å². The number of rotatable bonds is 4. The summed E-state index contributed by atoms with van der Waals surface area (Å²) in [5.74, 6) is 3.80. The largest absolute Gasteiger partial charge is 0.348 e. The fourth-order valence-corrected chi connectivity index (χ4v) is 1.92. The summed E-state index contributed by atoms with van der Waals surface area (Å²) in [4.78, 5) is 12.1. The van der Waals surface area contributed by atoms with E-state index in [-0.39, 0.29) is 12.1 Å². The van der Waals surface area contributed by atoms with E-state index < -0.39 is 17.5 Å². The van der Waals surface area contributed by atoms with Crippen LogP contribution in [0.2, 0.25) is 0 Å². The van der Waals surface area contributed by atoms with Gasteiger partial charge in [-0.15, -0.1) is 0 Å². The van der Waals surface area contributed by atoms with Gasteiger partial charge in [0.2, 0.25) is 0 Å². The first-order valence-corrected chi connectivity index (χ1v) is 6.30. The Hall–Kier alpha value is -2.47. The lowest BCUT2D eigenvalue weighted by Crippen LogP contribution is -2.25. The van der Waals surface area contributed by atoms with Crippen LogP contribution in [0.3, 0.4) is 0 Å². The lowest BCUT2D eigenvalue weighted by molar-refractivity contribution is 0.0951. The smallest absolute Gasteiger partial charge is 0.253 e. The predicted molar refractivity (Wildman–Crippen MR) is 76.5 cm³/mol. The number of nitrogens with one attached hydrogen (secondary N) is 2. The summed E-state index contributed by atoms with van der Waals surface area (Å²) in [5.41, 5.74) is 4.19. The van der Waals surface area contributed by atoms with E-state index in [1.54, 1.807) is 18.2 Å². The summed E-state index contributed by atoms with van der Waals surface area (Å²) in [7, 11) is 0. The van der Waals surface area contributed by atoms with E-state index in [1.165, 1.54) is 0 Å². The average molecular weight is 291 g/mol. The van der Waals surface area contributed by atoms with Gasteiger partial charge < -0.3 is 10.7 Å². The van der Waals surface area contributed by atoms with Gasteiger partial charge in [0.15, 0.2) is 0 Å². The lowest BCUT2D eigenvalue weighted by atomic mass is 10.1. The van der Waals surface area contributed by atoms with Crippen LogP contribution in [0.5, 0.6) is 0 Å². The van der Waals surface area contributed by atoms with Gasteiger partial charge in [0, 0.05) is 12.1 Å². The van der Waals surface area contributed by atoms with Gasteiger partial charge in [-0.25, -0.2) is 8.78 Å². The fourth-order valence-electron chi connectivity index (χ4n) is 1.92. The number of amides is 1. The van der Waals surface area contributed by atoms with E-state index in [2.05, 4.69) is 10.7 Å². The number of hydrazine groups is 1. The van der Waals surface area contributed by atoms with Crippen molar-refractivity contribution in [3.05, 3.63) is 64.7 Å². The van der Waals surface area contributed by atoms with E-state index >= 15 is 0 Å². The molecule has 0 aliphatic carbocycles. The Kier molecular flexibility index (Phi) is 4.49. The van der Waals surface area contributed by atoms with Crippen molar-refractivity contribution in [2.75, 3.05) is 5.43 Å². The van der Waals surface area contributed by atoms with E-state index in [0.717, 1.165) is 23.8 Å². The number of hydrogen-bond donors (Lipinski definition) is 3. The quantitative estimate of drug-likeness (QED) is 0.599. The fraction of sp³-hybridized carbons (Fsp3) is 0.133. The van der Waals surface area contributed by atoms with E-state index in [9.17, 15) is 13.6 Å². The normalized spacial score (nSPS) is 10.3. The van der Waals surface area contributed by atoms with Gasteiger partial charge >= 0.3 is 0 Å². The molecule has 0 spiro atoms. The van der Waals surface area contributed by atoms with Gasteiger partial charge in [0.25, 0.3) is 5.91 Å². The molecule has 0 aliphatic rings. The molecule has 110 valence electrons. The number of benzene rings is 2. The molecule has 0 heterocycles. The van der Waals surface area contributed by atoms with Crippen LogP contribution in [0.25, 0.3) is 0 Å². The SMILES string of the molecule is Cc1ccc(NN)c(C(=O)NCc2cc(F)ccc2F)c1. The first-order valence-electron chi connectivity index (χ1n) is 6.30. The zero-order valence-corrected chi connectivity index (χ0v) is 11.4. The maximum Gasteiger partial charge on any atom is 0.253 e. The highest BCUT2D eigenvalue weighted by Crippen LogP contribution is 2.16. The molecule has 4 N–H and O–H groups in total. The molecule has 2 aromatic rings. The molecule has 0 aliphatic heterocycles. The maximum absolute atomic E-state index is 13.5. The predicted octanol–water partition coefficient (Wildman–Crippen LogP) is 2.49. The van der Waals surface area contributed by atoms with E-state index in [4.69, 9.17) is 5.84 Å². The van der Waals surface area contributed by atoms with Gasteiger partial charge in [-0.3, -0.25) is 10.6 Å². The van der Waals surface area contributed by atoms with Crippen LogP contribution in [0.1, 0.15) is 21.5 Å². The lowest BCUT2D eigenvalue weighted by Gasteiger charge is -2.11. The third kappa shape index (κ3) is 3.55. The Labute approximate surface area is 120 Å². The summed E-state index contributed by atoms with van der Waals surface area (Å²) in [5, 5.41) is 2.54. The Bertz CT molecular complexity index is 674. The average Bonchev–Trinajstić information content (AvgIpc) is 2.47. The zero-order chi connectivity index (χ0) is 15.4. The molecule has 0 radical (unpaired) electrons. The minimum atomic E-state index is -0.571. The Morgan fingerprint density at radius 3 is 2.67 bits per heavy atom. The summed E-state index contributed by atoms with van der Waals surface area (Å²) in [6.07, 6.45) is 0. The molecule has 21 heavy (non-hydrogen) atoms. The Morgan fingerprint density at radius 2 is 1.95 bits per heavy atom. The second kappa shape index (κ2) is 6.32. The molecule has 2 rings (SSSR count). The first kappa shape index (κ1) is 14.9. The Morgan fingerprint density at radius 1 is 1.19 bits per heavy atom. The summed E-state index contributed by atoms with van der Waals surface area (Å²) < 4.78 is 26.5. The van der Waals surface area contributed by atoms with Crippen molar-refractivity contribution in [2.45, 2.75) is 13.5 Å². The minimum Gasteiger partial charge on any atom is -0.348 e. The van der Waals surface area contributed by atoms with Crippen LogP contribution in [0.4, 0.5) is 14.5 Å². The third-order valence-corrected chi connectivity index (χ3v) is 3.02. The molecule has 0 unspecified atom stereocenters. The molecule has 0 saturated carbocycles. The third-order valence-electron chi connectivity index (χ3n) is 3.02. The molecule has 1 amide bonds. The number of aryl methyl sites for hydroxylation is 1. The van der Waals surface area contributed by atoms with Crippen LogP contribution in [0, 0.1) is 18.6 Å². The molecule has 0 atom stereocenters. The van der Waals surface area contributed by atoms with Crippen LogP contribution in [-0.4, -0.2) is 5.91 Å². The Balaban J connectivity index is 2.15. The minimum absolute atomic E-state index is 0.0817. The zero-order valence-electron chi connectivity index (χ0n) is 11.4. The number of carbonyl (C=O) groups excluding carboxylic acids is 1. The van der Waals surface area contributed by atoms with E-state index in [1.807, 2.05) is 6.92 Å². The van der Waals surface area contributed by atoms with Crippen molar-refractivity contribution in [1.29, 1.82) is 0 Å². The van der Waals surface area contributed by atoms with E-state index in [0.29, 0.717) is 11.3 Å².